The second kappa shape index (κ2) is 15.3. The highest BCUT2D eigenvalue weighted by Crippen LogP contribution is 2.55. The Kier molecular flexibility index (Phi) is 10.8. The molecule has 1 aliphatic rings. The summed E-state index contributed by atoms with van der Waals surface area (Å²) in [7, 11) is 2.89. The first-order chi connectivity index (χ1) is 24.6. The highest BCUT2D eigenvalue weighted by Gasteiger charge is 2.72. The molecule has 0 spiro atoms. The Hall–Kier alpha value is -4.67. The number of aliphatic hydroxyl groups excluding tert-OH is 1. The fourth-order valence-electron chi connectivity index (χ4n) is 7.52. The molecule has 6 rings (SSSR count). The molecular formula is C43H45NO7. The maximum Gasteiger partial charge on any atom is 0.277 e. The Bertz CT molecular complexity index is 1880. The van der Waals surface area contributed by atoms with Crippen LogP contribution in [0.5, 0.6) is 0 Å². The minimum atomic E-state index is -2.35. The van der Waals surface area contributed by atoms with Crippen molar-refractivity contribution in [3.63, 3.8) is 0 Å². The van der Waals surface area contributed by atoms with E-state index < -0.39 is 41.0 Å². The molecule has 1 unspecified atom stereocenters. The molecule has 1 saturated heterocycles. The molecule has 4 N–H and O–H groups in total. The van der Waals surface area contributed by atoms with Gasteiger partial charge in [-0.2, -0.15) is 0 Å². The van der Waals surface area contributed by atoms with E-state index in [1.54, 1.807) is 24.3 Å². The lowest BCUT2D eigenvalue weighted by atomic mass is 9.56. The lowest BCUT2D eigenvalue weighted by Crippen LogP contribution is -2.81. The number of rotatable bonds is 12. The standard InChI is InChI=1S/C43H45NO7/c1-44(50-2)40(46)36-25-15-24-35(27-36)38-41(47,28-32-18-9-4-10-19-32)43(49,30-34-22-13-6-14-23-34)42(48,29-33-20-11-5-12-21-33)39(51-38)37(45)26-31-16-7-3-8-17-31/h3-25,27,37-39,45,47-49H,26,28-30H2,1-2H3/t37?,38-,39+,41-,42+,43+/m0/s1. The van der Waals surface area contributed by atoms with Gasteiger partial charge in [0.15, 0.2) is 0 Å². The molecule has 8 heteroatoms. The molecule has 8 nitrogen and oxygen atoms in total. The predicted octanol–water partition coefficient (Wildman–Crippen LogP) is 5.28. The van der Waals surface area contributed by atoms with Gasteiger partial charge in [-0.15, -0.1) is 0 Å². The highest BCUT2D eigenvalue weighted by molar-refractivity contribution is 5.93. The van der Waals surface area contributed by atoms with Gasteiger partial charge in [-0.3, -0.25) is 9.63 Å². The number of amides is 1. The Morgan fingerprint density at radius 3 is 1.67 bits per heavy atom. The molecule has 1 aliphatic heterocycles. The van der Waals surface area contributed by atoms with Crippen LogP contribution in [0.4, 0.5) is 0 Å². The average Bonchev–Trinajstić information content (AvgIpc) is 3.15. The summed E-state index contributed by atoms with van der Waals surface area (Å²) in [6.07, 6.45) is -4.40. The maximum atomic E-state index is 13.6. The van der Waals surface area contributed by atoms with Crippen LogP contribution < -0.4 is 0 Å². The summed E-state index contributed by atoms with van der Waals surface area (Å²) < 4.78 is 6.87. The molecule has 51 heavy (non-hydrogen) atoms. The van der Waals surface area contributed by atoms with E-state index >= 15 is 0 Å². The van der Waals surface area contributed by atoms with E-state index in [9.17, 15) is 25.2 Å². The monoisotopic (exact) mass is 687 g/mol. The number of hydrogen-bond acceptors (Lipinski definition) is 7. The van der Waals surface area contributed by atoms with Crippen LogP contribution >= 0.6 is 0 Å². The minimum absolute atomic E-state index is 0.102. The Balaban J connectivity index is 1.60. The Morgan fingerprint density at radius 2 is 1.16 bits per heavy atom. The van der Waals surface area contributed by atoms with Gasteiger partial charge in [0.05, 0.1) is 13.2 Å². The molecule has 5 aromatic carbocycles. The number of carbonyl (C=O) groups is 1. The summed E-state index contributed by atoms with van der Waals surface area (Å²) in [6.45, 7) is 0. The summed E-state index contributed by atoms with van der Waals surface area (Å²) >= 11 is 0. The van der Waals surface area contributed by atoms with Gasteiger partial charge < -0.3 is 25.2 Å². The fraction of sp³-hybridized carbons (Fsp3) is 0.279. The summed E-state index contributed by atoms with van der Waals surface area (Å²) in [5.74, 6) is -0.428. The van der Waals surface area contributed by atoms with Crippen LogP contribution in [-0.4, -0.2) is 74.6 Å². The molecular weight excluding hydrogens is 642 g/mol. The number of ether oxygens (including phenoxy) is 1. The molecule has 0 bridgehead atoms. The van der Waals surface area contributed by atoms with Crippen molar-refractivity contribution in [1.82, 2.24) is 5.06 Å². The van der Waals surface area contributed by atoms with Crippen molar-refractivity contribution in [2.45, 2.75) is 60.8 Å². The normalized spacial score (nSPS) is 25.2. The number of hydrogen-bond donors (Lipinski definition) is 4. The zero-order valence-electron chi connectivity index (χ0n) is 28.9. The number of hydroxylamine groups is 2. The van der Waals surface area contributed by atoms with Gasteiger partial charge in [-0.25, -0.2) is 5.06 Å². The molecule has 6 atom stereocenters. The summed E-state index contributed by atoms with van der Waals surface area (Å²) in [5, 5.41) is 53.7. The maximum absolute atomic E-state index is 13.6. The number of aliphatic hydroxyl groups is 4. The first-order valence-corrected chi connectivity index (χ1v) is 17.2. The van der Waals surface area contributed by atoms with Crippen LogP contribution in [0.1, 0.15) is 44.3 Å². The zero-order valence-corrected chi connectivity index (χ0v) is 28.9. The summed E-state index contributed by atoms with van der Waals surface area (Å²) in [6, 6.07) is 43.7. The third kappa shape index (κ3) is 7.25. The first-order valence-electron chi connectivity index (χ1n) is 17.2. The fourth-order valence-corrected chi connectivity index (χ4v) is 7.52. The first kappa shape index (κ1) is 36.1. The highest BCUT2D eigenvalue weighted by atomic mass is 16.7. The van der Waals surface area contributed by atoms with Crippen molar-refractivity contribution in [2.75, 3.05) is 14.2 Å². The number of benzene rings is 5. The summed E-state index contributed by atoms with van der Waals surface area (Å²) in [4.78, 5) is 18.4. The van der Waals surface area contributed by atoms with Crippen molar-refractivity contribution in [3.8, 4) is 0 Å². The summed E-state index contributed by atoms with van der Waals surface area (Å²) in [5.41, 5.74) is -3.32. The van der Waals surface area contributed by atoms with E-state index in [0.717, 1.165) is 10.6 Å². The van der Waals surface area contributed by atoms with Gasteiger partial charge >= 0.3 is 0 Å². The lowest BCUT2D eigenvalue weighted by molar-refractivity contribution is -0.368. The van der Waals surface area contributed by atoms with Crippen molar-refractivity contribution in [3.05, 3.63) is 179 Å². The van der Waals surface area contributed by atoms with Crippen LogP contribution in [0.25, 0.3) is 0 Å². The molecule has 0 radical (unpaired) electrons. The lowest BCUT2D eigenvalue weighted by Gasteiger charge is -2.62. The van der Waals surface area contributed by atoms with Crippen molar-refractivity contribution in [2.24, 2.45) is 0 Å². The van der Waals surface area contributed by atoms with Gasteiger partial charge in [0.25, 0.3) is 5.91 Å². The molecule has 1 amide bonds. The van der Waals surface area contributed by atoms with Crippen LogP contribution in [0.2, 0.25) is 0 Å². The third-order valence-corrected chi connectivity index (χ3v) is 10.2. The topological polar surface area (TPSA) is 120 Å². The quantitative estimate of drug-likeness (QED) is 0.132. The SMILES string of the molecule is CON(C)C(=O)c1cccc([C@@H]2O[C@H](C(O)Cc3ccccc3)[C@](O)(Cc3ccccc3)[C@@](O)(Cc3ccccc3)[C@]2(O)Cc2ccccc2)c1. The molecule has 264 valence electrons. The largest absolute Gasteiger partial charge is 0.390 e. The van der Waals surface area contributed by atoms with E-state index in [1.165, 1.54) is 14.2 Å². The van der Waals surface area contributed by atoms with Gasteiger partial charge in [-0.05, 0) is 39.9 Å². The van der Waals surface area contributed by atoms with E-state index in [1.807, 2.05) is 121 Å². The minimum Gasteiger partial charge on any atom is -0.390 e. The van der Waals surface area contributed by atoms with Crippen molar-refractivity contribution in [1.29, 1.82) is 0 Å². The predicted molar refractivity (Wildman–Crippen MR) is 195 cm³/mol. The Morgan fingerprint density at radius 1 is 0.686 bits per heavy atom. The van der Waals surface area contributed by atoms with E-state index in [0.29, 0.717) is 22.3 Å². The van der Waals surface area contributed by atoms with Gasteiger partial charge in [-0.1, -0.05) is 133 Å². The zero-order chi connectivity index (χ0) is 36.1. The molecule has 1 fully saturated rings. The van der Waals surface area contributed by atoms with E-state index in [2.05, 4.69) is 0 Å². The van der Waals surface area contributed by atoms with E-state index in [4.69, 9.17) is 9.57 Å². The van der Waals surface area contributed by atoms with Crippen LogP contribution in [0.15, 0.2) is 146 Å². The third-order valence-electron chi connectivity index (χ3n) is 10.2. The molecule has 0 aromatic heterocycles. The van der Waals surface area contributed by atoms with Crippen LogP contribution in [0, 0.1) is 0 Å². The smallest absolute Gasteiger partial charge is 0.277 e. The van der Waals surface area contributed by atoms with Crippen LogP contribution in [0.3, 0.4) is 0 Å². The molecule has 5 aromatic rings. The molecule has 0 aliphatic carbocycles. The second-order valence-corrected chi connectivity index (χ2v) is 13.5. The van der Waals surface area contributed by atoms with Gasteiger partial charge in [0.2, 0.25) is 0 Å². The van der Waals surface area contributed by atoms with E-state index in [-0.39, 0.29) is 31.2 Å². The van der Waals surface area contributed by atoms with Gasteiger partial charge in [0, 0.05) is 38.3 Å². The van der Waals surface area contributed by atoms with Crippen molar-refractivity contribution >= 4 is 5.91 Å². The molecule has 0 saturated carbocycles. The van der Waals surface area contributed by atoms with Gasteiger partial charge in [0.1, 0.15) is 29.0 Å². The average molecular weight is 688 g/mol. The van der Waals surface area contributed by atoms with Crippen molar-refractivity contribution < 1.29 is 34.8 Å². The second-order valence-electron chi connectivity index (χ2n) is 13.5. The number of carbonyl (C=O) groups excluding carboxylic acids is 1. The Labute approximate surface area is 299 Å². The molecule has 1 heterocycles. The number of nitrogens with zero attached hydrogens (tertiary/aromatic N) is 1. The van der Waals surface area contributed by atoms with Crippen LogP contribution in [-0.2, 0) is 35.3 Å².